The third-order valence-corrected chi connectivity index (χ3v) is 9.15. The molecule has 1 fully saturated rings. The van der Waals surface area contributed by atoms with Gasteiger partial charge in [-0.2, -0.15) is 13.2 Å². The number of sulfonamides is 1. The zero-order chi connectivity index (χ0) is 26.2. The maximum Gasteiger partial charge on any atom is 0.416 e. The maximum absolute atomic E-state index is 14.0. The van der Waals surface area contributed by atoms with Crippen LogP contribution in [0.15, 0.2) is 70.6 Å². The van der Waals surface area contributed by atoms with Crippen molar-refractivity contribution in [2.24, 2.45) is 10.4 Å². The Morgan fingerprint density at radius 3 is 2.24 bits per heavy atom. The molecule has 0 aromatic heterocycles. The highest BCUT2D eigenvalue weighted by Gasteiger charge is 2.38. The summed E-state index contributed by atoms with van der Waals surface area (Å²) in [6, 6.07) is 16.0. The molecule has 2 heterocycles. The lowest BCUT2D eigenvalue weighted by Crippen LogP contribution is -2.44. The summed E-state index contributed by atoms with van der Waals surface area (Å²) in [5, 5.41) is 0. The van der Waals surface area contributed by atoms with Crippen LogP contribution in [0.5, 0.6) is 0 Å². The van der Waals surface area contributed by atoms with Crippen molar-refractivity contribution < 1.29 is 21.6 Å². The first-order chi connectivity index (χ1) is 17.4. The average Bonchev–Trinajstić information content (AvgIpc) is 3.75. The number of halogens is 3. The Morgan fingerprint density at radius 1 is 0.946 bits per heavy atom. The molecule has 8 heteroatoms. The molecule has 1 aliphatic carbocycles. The van der Waals surface area contributed by atoms with E-state index >= 15 is 0 Å². The smallest absolute Gasteiger partial charge is 0.281 e. The van der Waals surface area contributed by atoms with Crippen LogP contribution in [0.4, 0.5) is 18.9 Å². The Hall–Kier alpha value is -3.13. The van der Waals surface area contributed by atoms with Crippen molar-refractivity contribution in [1.29, 1.82) is 0 Å². The normalized spacial score (nSPS) is 18.8. The molecule has 0 unspecified atom stereocenters. The molecule has 3 aromatic carbocycles. The Balaban J connectivity index is 1.38. The van der Waals surface area contributed by atoms with E-state index in [1.54, 1.807) is 18.2 Å². The van der Waals surface area contributed by atoms with Crippen LogP contribution < -0.4 is 4.31 Å². The molecule has 3 aliphatic rings. The van der Waals surface area contributed by atoms with E-state index in [2.05, 4.69) is 4.99 Å². The van der Waals surface area contributed by atoms with Gasteiger partial charge >= 0.3 is 6.18 Å². The first-order valence-electron chi connectivity index (χ1n) is 12.4. The summed E-state index contributed by atoms with van der Waals surface area (Å²) in [7, 11) is -3.83. The van der Waals surface area contributed by atoms with Gasteiger partial charge in [-0.1, -0.05) is 38.1 Å². The quantitative estimate of drug-likeness (QED) is 0.367. The second kappa shape index (κ2) is 8.18. The highest BCUT2D eigenvalue weighted by molar-refractivity contribution is 7.92. The molecule has 0 N–H and O–H groups in total. The van der Waals surface area contributed by atoms with Gasteiger partial charge in [-0.3, -0.25) is 9.30 Å². The van der Waals surface area contributed by atoms with Crippen molar-refractivity contribution in [2.45, 2.75) is 50.1 Å². The van der Waals surface area contributed by atoms with E-state index in [1.165, 1.54) is 16.4 Å². The fraction of sp³-hybridized carbons (Fsp3) is 0.345. The lowest BCUT2D eigenvalue weighted by atomic mass is 9.81. The van der Waals surface area contributed by atoms with Crippen LogP contribution in [0.25, 0.3) is 11.1 Å². The van der Waals surface area contributed by atoms with Crippen LogP contribution >= 0.6 is 0 Å². The summed E-state index contributed by atoms with van der Waals surface area (Å²) in [5.74, 6) is 0.393. The van der Waals surface area contributed by atoms with E-state index in [9.17, 15) is 21.6 Å². The Morgan fingerprint density at radius 2 is 1.62 bits per heavy atom. The second-order valence-corrected chi connectivity index (χ2v) is 12.9. The minimum Gasteiger partial charge on any atom is -0.281 e. The first kappa shape index (κ1) is 24.2. The van der Waals surface area contributed by atoms with Gasteiger partial charge in [0.2, 0.25) is 0 Å². The topological polar surface area (TPSA) is 49.7 Å². The van der Waals surface area contributed by atoms with E-state index in [0.29, 0.717) is 30.1 Å². The maximum atomic E-state index is 14.0. The average molecular weight is 525 g/mol. The number of benzene rings is 3. The molecule has 0 saturated heterocycles. The van der Waals surface area contributed by atoms with E-state index in [4.69, 9.17) is 0 Å². The van der Waals surface area contributed by atoms with Gasteiger partial charge in [0.25, 0.3) is 10.0 Å². The molecule has 4 nitrogen and oxygen atoms in total. The van der Waals surface area contributed by atoms with E-state index in [1.807, 2.05) is 32.0 Å². The van der Waals surface area contributed by atoms with Crippen molar-refractivity contribution in [3.8, 4) is 11.1 Å². The number of aliphatic imine (C=N–C) groups is 1. The summed E-state index contributed by atoms with van der Waals surface area (Å²) >= 11 is 0. The van der Waals surface area contributed by atoms with Gasteiger partial charge in [0.15, 0.2) is 0 Å². The number of rotatable bonds is 5. The predicted octanol–water partition coefficient (Wildman–Crippen LogP) is 6.83. The van der Waals surface area contributed by atoms with Gasteiger partial charge in [0, 0.05) is 12.1 Å². The number of nitrogens with zero attached hydrogens (tertiary/aromatic N) is 2. The lowest BCUT2D eigenvalue weighted by Gasteiger charge is -2.40. The Kier molecular flexibility index (Phi) is 5.36. The van der Waals surface area contributed by atoms with E-state index in [-0.39, 0.29) is 10.3 Å². The molecule has 0 spiro atoms. The molecular formula is C29H27F3N2O2S. The minimum absolute atomic E-state index is 0.287. The van der Waals surface area contributed by atoms with Gasteiger partial charge in [-0.25, -0.2) is 8.42 Å². The van der Waals surface area contributed by atoms with Gasteiger partial charge in [-0.05, 0) is 89.2 Å². The SMILES string of the molecule is CC1(C)Cc2cc(-c3ccc(C(F)(F)F)cc3)ccc2N(S(=O)(=O)c2ccc(C3=NC3)c(C3CC3)c2)C1. The molecule has 37 heavy (non-hydrogen) atoms. The highest BCUT2D eigenvalue weighted by atomic mass is 32.2. The summed E-state index contributed by atoms with van der Waals surface area (Å²) in [4.78, 5) is 4.61. The summed E-state index contributed by atoms with van der Waals surface area (Å²) in [6.45, 7) is 5.14. The zero-order valence-corrected chi connectivity index (χ0v) is 21.5. The zero-order valence-electron chi connectivity index (χ0n) is 20.6. The largest absolute Gasteiger partial charge is 0.416 e. The molecule has 6 rings (SSSR count). The van der Waals surface area contributed by atoms with Crippen molar-refractivity contribution in [2.75, 3.05) is 17.4 Å². The van der Waals surface area contributed by atoms with Crippen molar-refractivity contribution in [3.63, 3.8) is 0 Å². The first-order valence-corrected chi connectivity index (χ1v) is 13.9. The van der Waals surface area contributed by atoms with Gasteiger partial charge in [0.1, 0.15) is 0 Å². The highest BCUT2D eigenvalue weighted by Crippen LogP contribution is 2.45. The van der Waals surface area contributed by atoms with Crippen molar-refractivity contribution in [1.82, 2.24) is 0 Å². The number of alkyl halides is 3. The van der Waals surface area contributed by atoms with Crippen LogP contribution in [0.3, 0.4) is 0 Å². The fourth-order valence-electron chi connectivity index (χ4n) is 5.29. The second-order valence-electron chi connectivity index (χ2n) is 11.1. The van der Waals surface area contributed by atoms with Crippen molar-refractivity contribution >= 4 is 21.4 Å². The van der Waals surface area contributed by atoms with Gasteiger partial charge in [0.05, 0.1) is 28.4 Å². The number of anilines is 1. The summed E-state index contributed by atoms with van der Waals surface area (Å²) in [5.41, 5.74) is 5.08. The molecule has 0 bridgehead atoms. The Bertz CT molecular complexity index is 1540. The number of fused-ring (bicyclic) bond motifs is 1. The van der Waals surface area contributed by atoms with E-state index < -0.39 is 21.8 Å². The molecule has 1 saturated carbocycles. The minimum atomic E-state index is -4.39. The molecule has 0 amide bonds. The van der Waals surface area contributed by atoms with Crippen LogP contribution in [0.2, 0.25) is 0 Å². The third kappa shape index (κ3) is 4.56. The summed E-state index contributed by atoms with van der Waals surface area (Å²) < 4.78 is 68.5. The standard InChI is InChI=1S/C29H27F3N2O2S/c1-28(2)15-21-13-20(18-5-8-22(9-6-18)29(30,31)32)7-12-27(21)34(17-28)37(35,36)23-10-11-24(26-16-33-26)25(14-23)19-3-4-19/h5-14,19H,3-4,15-17H2,1-2H3. The van der Waals surface area contributed by atoms with Crippen LogP contribution in [-0.4, -0.2) is 27.2 Å². The predicted molar refractivity (Wildman–Crippen MR) is 139 cm³/mol. The monoisotopic (exact) mass is 524 g/mol. The van der Waals surface area contributed by atoms with Crippen LogP contribution in [-0.2, 0) is 22.6 Å². The van der Waals surface area contributed by atoms with Crippen LogP contribution in [0, 0.1) is 5.41 Å². The van der Waals surface area contributed by atoms with E-state index in [0.717, 1.165) is 59.5 Å². The molecule has 0 radical (unpaired) electrons. The lowest BCUT2D eigenvalue weighted by molar-refractivity contribution is -0.137. The van der Waals surface area contributed by atoms with Gasteiger partial charge in [-0.15, -0.1) is 0 Å². The molecule has 0 atom stereocenters. The molecule has 192 valence electrons. The molecule has 3 aromatic rings. The summed E-state index contributed by atoms with van der Waals surface area (Å²) in [6.07, 6.45) is -1.60. The van der Waals surface area contributed by atoms with Crippen molar-refractivity contribution in [3.05, 3.63) is 82.9 Å². The van der Waals surface area contributed by atoms with Gasteiger partial charge < -0.3 is 0 Å². The van der Waals surface area contributed by atoms with Crippen LogP contribution in [0.1, 0.15) is 54.9 Å². The fourth-order valence-corrected chi connectivity index (χ4v) is 7.02. The number of hydrogen-bond acceptors (Lipinski definition) is 3. The molecular weight excluding hydrogens is 497 g/mol. The number of hydrogen-bond donors (Lipinski definition) is 0. The Labute approximate surface area is 214 Å². The third-order valence-electron chi connectivity index (χ3n) is 7.39. The molecule has 2 aliphatic heterocycles.